The first-order chi connectivity index (χ1) is 11.2. The van der Waals surface area contributed by atoms with Crippen LogP contribution in [0.2, 0.25) is 0 Å². The number of nitrogens with one attached hydrogen (secondary N) is 2. The first kappa shape index (κ1) is 17.6. The Kier molecular flexibility index (Phi) is 5.28. The number of fused-ring (bicyclic) bond motifs is 1. The lowest BCUT2D eigenvalue weighted by molar-refractivity contribution is 0.0528. The zero-order valence-corrected chi connectivity index (χ0v) is 14.1. The van der Waals surface area contributed by atoms with E-state index in [2.05, 4.69) is 10.3 Å². The molecular formula is C18H22N2O4. The van der Waals surface area contributed by atoms with Gasteiger partial charge in [0.05, 0.1) is 0 Å². The fraction of sp³-hybridized carbons (Fsp3) is 0.333. The summed E-state index contributed by atoms with van der Waals surface area (Å²) in [7, 11) is 0. The summed E-state index contributed by atoms with van der Waals surface area (Å²) in [6, 6.07) is 7.28. The van der Waals surface area contributed by atoms with Crippen LogP contribution in [0, 0.1) is 0 Å². The van der Waals surface area contributed by atoms with Crippen LogP contribution in [-0.2, 0) is 4.74 Å². The van der Waals surface area contributed by atoms with Gasteiger partial charge in [-0.2, -0.15) is 0 Å². The van der Waals surface area contributed by atoms with Gasteiger partial charge in [-0.1, -0.05) is 18.2 Å². The maximum atomic E-state index is 11.5. The largest absolute Gasteiger partial charge is 0.477 e. The van der Waals surface area contributed by atoms with Crippen molar-refractivity contribution in [1.29, 1.82) is 0 Å². The van der Waals surface area contributed by atoms with Gasteiger partial charge in [-0.3, -0.25) is 0 Å². The van der Waals surface area contributed by atoms with Crippen molar-refractivity contribution in [2.45, 2.75) is 32.8 Å². The average molecular weight is 330 g/mol. The van der Waals surface area contributed by atoms with E-state index in [-0.39, 0.29) is 5.69 Å². The van der Waals surface area contributed by atoms with Crippen molar-refractivity contribution in [1.82, 2.24) is 10.3 Å². The number of carboxylic acids is 1. The number of amides is 1. The number of alkyl carbamates (subject to hydrolysis) is 1. The third-order valence-electron chi connectivity index (χ3n) is 3.16. The predicted octanol–water partition coefficient (Wildman–Crippen LogP) is 3.79. The number of aromatic carboxylic acids is 1. The lowest BCUT2D eigenvalue weighted by Crippen LogP contribution is -2.32. The highest BCUT2D eigenvalue weighted by Gasteiger charge is 2.15. The fourth-order valence-electron chi connectivity index (χ4n) is 2.16. The Morgan fingerprint density at radius 2 is 2.04 bits per heavy atom. The molecule has 24 heavy (non-hydrogen) atoms. The molecule has 2 aromatic rings. The van der Waals surface area contributed by atoms with Gasteiger partial charge in [0.2, 0.25) is 0 Å². The maximum absolute atomic E-state index is 11.5. The fourth-order valence-corrected chi connectivity index (χ4v) is 2.16. The molecule has 0 spiro atoms. The zero-order chi connectivity index (χ0) is 17.7. The molecule has 6 nitrogen and oxygen atoms in total. The molecule has 0 aliphatic carbocycles. The van der Waals surface area contributed by atoms with Crippen molar-refractivity contribution < 1.29 is 19.4 Å². The average Bonchev–Trinajstić information content (AvgIpc) is 2.88. The number of rotatable bonds is 5. The standard InChI is InChI=1S/C18H22N2O4/c1-18(2,3)24-17(23)19-9-5-4-6-12-7-8-14-13(10-12)11-15(20-14)16(21)22/h4,6-8,10-11,20H,5,9H2,1-3H3,(H,19,23)(H,21,22). The molecule has 1 amide bonds. The third kappa shape index (κ3) is 5.15. The Morgan fingerprint density at radius 1 is 1.29 bits per heavy atom. The smallest absolute Gasteiger partial charge is 0.407 e. The Balaban J connectivity index is 1.87. The second kappa shape index (κ2) is 7.21. The lowest BCUT2D eigenvalue weighted by Gasteiger charge is -2.19. The molecule has 0 saturated carbocycles. The summed E-state index contributed by atoms with van der Waals surface area (Å²) in [6.07, 6.45) is 4.13. The first-order valence-corrected chi connectivity index (χ1v) is 7.74. The van der Waals surface area contributed by atoms with Gasteiger partial charge < -0.3 is 20.1 Å². The molecule has 0 aliphatic heterocycles. The minimum Gasteiger partial charge on any atom is -0.477 e. The van der Waals surface area contributed by atoms with Gasteiger partial charge >= 0.3 is 12.1 Å². The van der Waals surface area contributed by atoms with Crippen molar-refractivity contribution in [2.24, 2.45) is 0 Å². The molecule has 2 rings (SSSR count). The van der Waals surface area contributed by atoms with Crippen LogP contribution in [0.3, 0.4) is 0 Å². The van der Waals surface area contributed by atoms with Gasteiger partial charge in [0.15, 0.2) is 0 Å². The molecular weight excluding hydrogens is 308 g/mol. The molecule has 0 aliphatic rings. The van der Waals surface area contributed by atoms with Gasteiger partial charge in [0.1, 0.15) is 11.3 Å². The lowest BCUT2D eigenvalue weighted by atomic mass is 10.1. The Hall–Kier alpha value is -2.76. The van der Waals surface area contributed by atoms with Crippen molar-refractivity contribution >= 4 is 29.0 Å². The second-order valence-corrected chi connectivity index (χ2v) is 6.45. The van der Waals surface area contributed by atoms with E-state index in [1.165, 1.54) is 0 Å². The van der Waals surface area contributed by atoms with Crippen LogP contribution in [-0.4, -0.2) is 34.3 Å². The zero-order valence-electron chi connectivity index (χ0n) is 14.1. The highest BCUT2D eigenvalue weighted by atomic mass is 16.6. The summed E-state index contributed by atoms with van der Waals surface area (Å²) >= 11 is 0. The number of carbonyl (C=O) groups excluding carboxylic acids is 1. The predicted molar refractivity (Wildman–Crippen MR) is 93.1 cm³/mol. The van der Waals surface area contributed by atoms with E-state index in [0.717, 1.165) is 16.5 Å². The van der Waals surface area contributed by atoms with E-state index in [4.69, 9.17) is 9.84 Å². The van der Waals surface area contributed by atoms with Crippen LogP contribution in [0.4, 0.5) is 4.79 Å². The third-order valence-corrected chi connectivity index (χ3v) is 3.16. The minimum absolute atomic E-state index is 0.174. The van der Waals surface area contributed by atoms with Crippen molar-refractivity contribution in [2.75, 3.05) is 6.54 Å². The van der Waals surface area contributed by atoms with Crippen molar-refractivity contribution in [3.05, 3.63) is 41.6 Å². The van der Waals surface area contributed by atoms with E-state index in [1.807, 2.05) is 51.1 Å². The number of hydrogen-bond acceptors (Lipinski definition) is 3. The molecule has 0 atom stereocenters. The number of hydrogen-bond donors (Lipinski definition) is 3. The van der Waals surface area contributed by atoms with Crippen LogP contribution in [0.1, 0.15) is 43.2 Å². The van der Waals surface area contributed by atoms with E-state index >= 15 is 0 Å². The second-order valence-electron chi connectivity index (χ2n) is 6.45. The molecule has 1 heterocycles. The normalized spacial score (nSPS) is 11.8. The van der Waals surface area contributed by atoms with Gasteiger partial charge in [0, 0.05) is 17.4 Å². The van der Waals surface area contributed by atoms with Gasteiger partial charge in [-0.05, 0) is 51.0 Å². The number of ether oxygens (including phenoxy) is 1. The molecule has 0 unspecified atom stereocenters. The van der Waals surface area contributed by atoms with Crippen LogP contribution < -0.4 is 5.32 Å². The van der Waals surface area contributed by atoms with Gasteiger partial charge in [0.25, 0.3) is 0 Å². The molecule has 6 heteroatoms. The summed E-state index contributed by atoms with van der Waals surface area (Å²) < 4.78 is 5.15. The minimum atomic E-state index is -0.975. The summed E-state index contributed by atoms with van der Waals surface area (Å²) in [5.41, 5.74) is 1.43. The van der Waals surface area contributed by atoms with E-state index < -0.39 is 17.7 Å². The first-order valence-electron chi connectivity index (χ1n) is 7.74. The van der Waals surface area contributed by atoms with E-state index in [0.29, 0.717) is 13.0 Å². The van der Waals surface area contributed by atoms with E-state index in [1.54, 1.807) is 6.07 Å². The molecule has 1 aromatic heterocycles. The van der Waals surface area contributed by atoms with E-state index in [9.17, 15) is 9.59 Å². The molecule has 128 valence electrons. The summed E-state index contributed by atoms with van der Waals surface area (Å²) in [5, 5.41) is 12.5. The number of carboxylic acid groups (broad SMARTS) is 1. The topological polar surface area (TPSA) is 91.4 Å². The summed E-state index contributed by atoms with van der Waals surface area (Å²) in [6.45, 7) is 5.94. The molecule has 3 N–H and O–H groups in total. The Morgan fingerprint density at radius 3 is 2.71 bits per heavy atom. The van der Waals surface area contributed by atoms with Crippen molar-refractivity contribution in [3.63, 3.8) is 0 Å². The molecule has 1 aromatic carbocycles. The number of carbonyl (C=O) groups is 2. The number of benzene rings is 1. The van der Waals surface area contributed by atoms with Gasteiger partial charge in [-0.25, -0.2) is 9.59 Å². The van der Waals surface area contributed by atoms with Crippen LogP contribution in [0.5, 0.6) is 0 Å². The Labute approximate surface area is 140 Å². The molecule has 0 radical (unpaired) electrons. The SMILES string of the molecule is CC(C)(C)OC(=O)NCCC=Cc1ccc2[nH]c(C(=O)O)cc2c1. The summed E-state index contributed by atoms with van der Waals surface area (Å²) in [5.74, 6) is -0.975. The number of H-pyrrole nitrogens is 1. The number of aromatic nitrogens is 1. The Bertz CT molecular complexity index is 769. The van der Waals surface area contributed by atoms with Crippen LogP contribution >= 0.6 is 0 Å². The van der Waals surface area contributed by atoms with Gasteiger partial charge in [-0.15, -0.1) is 0 Å². The maximum Gasteiger partial charge on any atom is 0.407 e. The van der Waals surface area contributed by atoms with Crippen LogP contribution in [0.25, 0.3) is 17.0 Å². The highest BCUT2D eigenvalue weighted by Crippen LogP contribution is 2.18. The monoisotopic (exact) mass is 330 g/mol. The molecule has 0 fully saturated rings. The van der Waals surface area contributed by atoms with Crippen molar-refractivity contribution in [3.8, 4) is 0 Å². The molecule has 0 bridgehead atoms. The number of aromatic amines is 1. The van der Waals surface area contributed by atoms with Crippen LogP contribution in [0.15, 0.2) is 30.3 Å². The molecule has 0 saturated heterocycles. The summed E-state index contributed by atoms with van der Waals surface area (Å²) in [4.78, 5) is 25.3. The quantitative estimate of drug-likeness (QED) is 0.727. The highest BCUT2D eigenvalue weighted by molar-refractivity contribution is 5.94.